The molecule has 3 nitrogen and oxygen atoms in total. The molecule has 1 aliphatic carbocycles. The Morgan fingerprint density at radius 3 is 2.32 bits per heavy atom. The minimum absolute atomic E-state index is 0.0138. The van der Waals surface area contributed by atoms with Crippen molar-refractivity contribution in [2.75, 3.05) is 0 Å². The number of benzene rings is 1. The molecule has 0 spiro atoms. The lowest BCUT2D eigenvalue weighted by molar-refractivity contribution is -0.144. The quantitative estimate of drug-likeness (QED) is 0.719. The molecule has 0 aromatic heterocycles. The number of halogens is 1. The normalized spacial score (nSPS) is 18.6. The molecular formula is C17H21BrO3S. The Morgan fingerprint density at radius 2 is 1.77 bits per heavy atom. The fraction of sp³-hybridized carbons (Fsp3) is 0.529. The van der Waals surface area contributed by atoms with Crippen LogP contribution in [0.2, 0.25) is 0 Å². The molecule has 22 heavy (non-hydrogen) atoms. The van der Waals surface area contributed by atoms with Crippen LogP contribution in [0, 0.1) is 5.92 Å². The number of aliphatic carboxylic acids is 1. The van der Waals surface area contributed by atoms with Gasteiger partial charge in [-0.05, 0) is 37.0 Å². The Kier molecular flexibility index (Phi) is 6.09. The van der Waals surface area contributed by atoms with Crippen molar-refractivity contribution in [1.82, 2.24) is 0 Å². The van der Waals surface area contributed by atoms with E-state index in [4.69, 9.17) is 0 Å². The Morgan fingerprint density at radius 1 is 1.18 bits per heavy atom. The van der Waals surface area contributed by atoms with Gasteiger partial charge < -0.3 is 5.11 Å². The highest BCUT2D eigenvalue weighted by Gasteiger charge is 2.37. The number of rotatable bonds is 6. The number of thiol groups is 1. The molecule has 1 unspecified atom stereocenters. The summed E-state index contributed by atoms with van der Waals surface area (Å²) in [4.78, 5) is 24.0. The van der Waals surface area contributed by atoms with Gasteiger partial charge in [-0.25, -0.2) is 0 Å². The number of hydrogen-bond donors (Lipinski definition) is 2. The maximum atomic E-state index is 12.5. The first kappa shape index (κ1) is 17.5. The van der Waals surface area contributed by atoms with Crippen molar-refractivity contribution in [2.24, 2.45) is 5.92 Å². The van der Waals surface area contributed by atoms with Gasteiger partial charge in [-0.3, -0.25) is 9.59 Å². The number of carbonyl (C=O) groups excluding carboxylic acids is 1. The van der Waals surface area contributed by atoms with Crippen LogP contribution in [-0.2, 0) is 16.0 Å². The lowest BCUT2D eigenvalue weighted by atomic mass is 9.81. The number of carbonyl (C=O) groups is 2. The molecule has 0 heterocycles. The molecule has 0 amide bonds. The molecule has 1 aromatic carbocycles. The summed E-state index contributed by atoms with van der Waals surface area (Å²) in [5.74, 6) is -1.61. The van der Waals surface area contributed by atoms with Crippen LogP contribution in [0.1, 0.15) is 44.1 Å². The average Bonchev–Trinajstić information content (AvgIpc) is 2.49. The predicted octanol–water partition coefficient (Wildman–Crippen LogP) is 4.28. The lowest BCUT2D eigenvalue weighted by Gasteiger charge is -2.31. The van der Waals surface area contributed by atoms with E-state index in [2.05, 4.69) is 28.6 Å². The molecule has 0 saturated heterocycles. The molecule has 1 N–H and O–H groups in total. The van der Waals surface area contributed by atoms with Crippen molar-refractivity contribution < 1.29 is 14.7 Å². The van der Waals surface area contributed by atoms with E-state index in [9.17, 15) is 14.7 Å². The Hall–Kier alpha value is -0.810. The van der Waals surface area contributed by atoms with Crippen LogP contribution in [0.3, 0.4) is 0 Å². The number of carboxylic acid groups (broad SMARTS) is 1. The zero-order chi connectivity index (χ0) is 16.2. The Labute approximate surface area is 145 Å². The summed E-state index contributed by atoms with van der Waals surface area (Å²) in [6.45, 7) is 0. The van der Waals surface area contributed by atoms with Gasteiger partial charge in [0, 0.05) is 10.9 Å². The van der Waals surface area contributed by atoms with Gasteiger partial charge in [0.2, 0.25) is 0 Å². The minimum Gasteiger partial charge on any atom is -0.481 e. The third-order valence-electron chi connectivity index (χ3n) is 4.38. The van der Waals surface area contributed by atoms with Gasteiger partial charge in [0.05, 0.1) is 10.7 Å². The molecule has 5 heteroatoms. The Bertz CT molecular complexity index is 535. The maximum Gasteiger partial charge on any atom is 0.307 e. The van der Waals surface area contributed by atoms with Gasteiger partial charge in [0.1, 0.15) is 5.78 Å². The predicted molar refractivity (Wildman–Crippen MR) is 93.4 cm³/mol. The number of ketones is 1. The first-order chi connectivity index (χ1) is 10.4. The second kappa shape index (κ2) is 7.64. The van der Waals surface area contributed by atoms with Crippen molar-refractivity contribution in [3.05, 3.63) is 34.3 Å². The molecule has 2 rings (SSSR count). The second-order valence-corrected chi connectivity index (χ2v) is 7.86. The summed E-state index contributed by atoms with van der Waals surface area (Å²) in [6, 6.07) is 7.55. The van der Waals surface area contributed by atoms with Crippen molar-refractivity contribution >= 4 is 40.3 Å². The van der Waals surface area contributed by atoms with Crippen molar-refractivity contribution in [2.45, 2.75) is 49.7 Å². The first-order valence-electron chi connectivity index (χ1n) is 7.64. The molecular weight excluding hydrogens is 364 g/mol. The highest BCUT2D eigenvalue weighted by molar-refractivity contribution is 9.10. The largest absolute Gasteiger partial charge is 0.481 e. The second-order valence-electron chi connectivity index (χ2n) is 6.09. The monoisotopic (exact) mass is 384 g/mol. The van der Waals surface area contributed by atoms with Crippen LogP contribution in [0.25, 0.3) is 0 Å². The zero-order valence-corrected chi connectivity index (χ0v) is 14.9. The van der Waals surface area contributed by atoms with E-state index in [1.165, 1.54) is 0 Å². The molecule has 1 atom stereocenters. The fourth-order valence-corrected chi connectivity index (χ4v) is 3.65. The summed E-state index contributed by atoms with van der Waals surface area (Å²) < 4.78 is 0.335. The van der Waals surface area contributed by atoms with Crippen molar-refractivity contribution in [3.63, 3.8) is 0 Å². The fourth-order valence-electron chi connectivity index (χ4n) is 2.98. The van der Waals surface area contributed by atoms with Crippen LogP contribution in [0.4, 0.5) is 0 Å². The van der Waals surface area contributed by atoms with Crippen LogP contribution in [-0.4, -0.2) is 21.6 Å². The zero-order valence-electron chi connectivity index (χ0n) is 12.4. The molecule has 0 radical (unpaired) electrons. The van der Waals surface area contributed by atoms with E-state index >= 15 is 0 Å². The summed E-state index contributed by atoms with van der Waals surface area (Å²) in [5.41, 5.74) is 0.931. The van der Waals surface area contributed by atoms with Gasteiger partial charge in [-0.15, -0.1) is 0 Å². The van der Waals surface area contributed by atoms with E-state index in [0.717, 1.165) is 42.1 Å². The highest BCUT2D eigenvalue weighted by Crippen LogP contribution is 2.36. The van der Waals surface area contributed by atoms with Crippen LogP contribution in [0.15, 0.2) is 28.7 Å². The van der Waals surface area contributed by atoms with Gasteiger partial charge in [0.15, 0.2) is 0 Å². The van der Waals surface area contributed by atoms with E-state index in [1.807, 2.05) is 24.3 Å². The molecule has 120 valence electrons. The molecule has 1 aliphatic rings. The van der Waals surface area contributed by atoms with Gasteiger partial charge in [-0.1, -0.05) is 47.3 Å². The third kappa shape index (κ3) is 4.59. The third-order valence-corrected chi connectivity index (χ3v) is 5.60. The van der Waals surface area contributed by atoms with Gasteiger partial charge in [0.25, 0.3) is 0 Å². The summed E-state index contributed by atoms with van der Waals surface area (Å²) in [7, 11) is 0. The molecule has 0 bridgehead atoms. The number of hydrogen-bond acceptors (Lipinski definition) is 3. The topological polar surface area (TPSA) is 54.4 Å². The summed E-state index contributed by atoms with van der Waals surface area (Å²) in [5, 5.41) is 9.43. The van der Waals surface area contributed by atoms with Crippen LogP contribution in [0.5, 0.6) is 0 Å². The smallest absolute Gasteiger partial charge is 0.307 e. The minimum atomic E-state index is -0.913. The van der Waals surface area contributed by atoms with Gasteiger partial charge >= 0.3 is 5.97 Å². The van der Waals surface area contributed by atoms with Crippen LogP contribution < -0.4 is 0 Å². The van der Waals surface area contributed by atoms with Crippen molar-refractivity contribution in [1.29, 1.82) is 0 Å². The Balaban J connectivity index is 2.03. The lowest BCUT2D eigenvalue weighted by Crippen LogP contribution is -2.37. The van der Waals surface area contributed by atoms with E-state index in [0.29, 0.717) is 6.42 Å². The summed E-state index contributed by atoms with van der Waals surface area (Å²) >= 11 is 7.94. The van der Waals surface area contributed by atoms with Crippen LogP contribution >= 0.6 is 28.6 Å². The highest BCUT2D eigenvalue weighted by atomic mass is 79.9. The molecule has 1 aromatic rings. The number of carboxylic acids is 1. The van der Waals surface area contributed by atoms with E-state index in [-0.39, 0.29) is 12.2 Å². The SMILES string of the molecule is O=C(O)C(CC(=O)C1(S)CCCCC1)Cc1ccc(Br)cc1. The molecule has 1 saturated carbocycles. The standard InChI is InChI=1S/C17H21BrO3S/c18-14-6-4-12(5-7-14)10-13(16(20)21)11-15(19)17(22)8-2-1-3-9-17/h4-7,13,22H,1-3,8-11H2,(H,20,21). The average molecular weight is 385 g/mol. The maximum absolute atomic E-state index is 12.5. The molecule has 0 aliphatic heterocycles. The first-order valence-corrected chi connectivity index (χ1v) is 8.88. The molecule has 1 fully saturated rings. The number of Topliss-reactive ketones (excluding diaryl/α,β-unsaturated/α-hetero) is 1. The van der Waals surface area contributed by atoms with Crippen molar-refractivity contribution in [3.8, 4) is 0 Å². The van der Waals surface area contributed by atoms with E-state index in [1.54, 1.807) is 0 Å². The van der Waals surface area contributed by atoms with Gasteiger partial charge in [-0.2, -0.15) is 12.6 Å². The summed E-state index contributed by atoms with van der Waals surface area (Å²) in [6.07, 6.45) is 5.10. The van der Waals surface area contributed by atoms with E-state index < -0.39 is 16.6 Å².